The SMILES string of the molecule is CCCc1ccc(-n2[nH]c(-c3cccnc3)c(C)c2=O)cc1. The summed E-state index contributed by atoms with van der Waals surface area (Å²) in [4.78, 5) is 16.6. The Hall–Kier alpha value is -2.62. The predicted molar refractivity (Wildman–Crippen MR) is 88.4 cm³/mol. The van der Waals surface area contributed by atoms with Gasteiger partial charge < -0.3 is 0 Å². The molecule has 0 spiro atoms. The number of nitrogens with zero attached hydrogens (tertiary/aromatic N) is 2. The highest BCUT2D eigenvalue weighted by molar-refractivity contribution is 5.61. The molecule has 0 radical (unpaired) electrons. The number of rotatable bonds is 4. The van der Waals surface area contributed by atoms with Crippen molar-refractivity contribution in [1.29, 1.82) is 0 Å². The van der Waals surface area contributed by atoms with Gasteiger partial charge in [0.05, 0.1) is 11.4 Å². The monoisotopic (exact) mass is 293 g/mol. The average molecular weight is 293 g/mol. The number of aromatic nitrogens is 3. The largest absolute Gasteiger partial charge is 0.290 e. The normalized spacial score (nSPS) is 10.8. The molecule has 1 aromatic carbocycles. The van der Waals surface area contributed by atoms with E-state index < -0.39 is 0 Å². The molecule has 0 saturated heterocycles. The third kappa shape index (κ3) is 2.60. The minimum absolute atomic E-state index is 0.0258. The third-order valence-electron chi connectivity index (χ3n) is 3.81. The zero-order chi connectivity index (χ0) is 15.5. The lowest BCUT2D eigenvalue weighted by Crippen LogP contribution is -2.15. The average Bonchev–Trinajstić information content (AvgIpc) is 2.85. The van der Waals surface area contributed by atoms with E-state index in [1.807, 2.05) is 31.2 Å². The lowest BCUT2D eigenvalue weighted by Gasteiger charge is -2.04. The number of H-pyrrole nitrogens is 1. The standard InChI is InChI=1S/C18H19N3O/c1-3-5-14-7-9-16(10-8-14)21-18(22)13(2)17(20-21)15-6-4-11-19-12-15/h4,6-12,20H,3,5H2,1-2H3. The van der Waals surface area contributed by atoms with Gasteiger partial charge >= 0.3 is 0 Å². The molecule has 4 heteroatoms. The summed E-state index contributed by atoms with van der Waals surface area (Å²) in [6, 6.07) is 11.9. The summed E-state index contributed by atoms with van der Waals surface area (Å²) in [7, 11) is 0. The summed E-state index contributed by atoms with van der Waals surface area (Å²) in [5.74, 6) is 0. The Morgan fingerprint density at radius 1 is 1.18 bits per heavy atom. The zero-order valence-corrected chi connectivity index (χ0v) is 12.8. The van der Waals surface area contributed by atoms with Crippen molar-refractivity contribution in [1.82, 2.24) is 14.8 Å². The van der Waals surface area contributed by atoms with Crippen molar-refractivity contribution in [3.8, 4) is 16.9 Å². The Morgan fingerprint density at radius 2 is 1.95 bits per heavy atom. The molecule has 0 amide bonds. The van der Waals surface area contributed by atoms with Gasteiger partial charge in [0.15, 0.2) is 0 Å². The number of benzene rings is 1. The fourth-order valence-corrected chi connectivity index (χ4v) is 2.59. The van der Waals surface area contributed by atoms with Gasteiger partial charge in [0.2, 0.25) is 0 Å². The van der Waals surface area contributed by atoms with Crippen molar-refractivity contribution >= 4 is 0 Å². The van der Waals surface area contributed by atoms with Crippen LogP contribution in [0.15, 0.2) is 53.6 Å². The van der Waals surface area contributed by atoms with Gasteiger partial charge in [-0.25, -0.2) is 4.68 Å². The van der Waals surface area contributed by atoms with Gasteiger partial charge in [-0.15, -0.1) is 0 Å². The molecule has 2 aromatic heterocycles. The third-order valence-corrected chi connectivity index (χ3v) is 3.81. The topological polar surface area (TPSA) is 50.7 Å². The number of aromatic amines is 1. The number of hydrogen-bond acceptors (Lipinski definition) is 2. The minimum Gasteiger partial charge on any atom is -0.290 e. The Bertz CT molecular complexity index is 814. The van der Waals surface area contributed by atoms with Crippen LogP contribution >= 0.6 is 0 Å². The van der Waals surface area contributed by atoms with Crippen LogP contribution in [0.1, 0.15) is 24.5 Å². The van der Waals surface area contributed by atoms with Crippen LogP contribution < -0.4 is 5.56 Å². The minimum atomic E-state index is -0.0258. The first-order chi connectivity index (χ1) is 10.7. The van der Waals surface area contributed by atoms with E-state index >= 15 is 0 Å². The molecule has 3 aromatic rings. The molecule has 2 heterocycles. The molecule has 0 saturated carbocycles. The van der Waals surface area contributed by atoms with Gasteiger partial charge in [0, 0.05) is 23.5 Å². The highest BCUT2D eigenvalue weighted by atomic mass is 16.1. The van der Waals surface area contributed by atoms with Gasteiger partial charge in [-0.2, -0.15) is 0 Å². The van der Waals surface area contributed by atoms with E-state index in [0.717, 1.165) is 29.8 Å². The maximum Gasteiger partial charge on any atom is 0.274 e. The van der Waals surface area contributed by atoms with Crippen LogP contribution in [0.25, 0.3) is 16.9 Å². The van der Waals surface area contributed by atoms with Crippen LogP contribution in [0.5, 0.6) is 0 Å². The molecule has 0 aliphatic heterocycles. The van der Waals surface area contributed by atoms with Gasteiger partial charge in [-0.1, -0.05) is 25.5 Å². The van der Waals surface area contributed by atoms with E-state index in [2.05, 4.69) is 29.1 Å². The second kappa shape index (κ2) is 6.02. The molecular formula is C18H19N3O. The number of hydrogen-bond donors (Lipinski definition) is 1. The van der Waals surface area contributed by atoms with Crippen molar-refractivity contribution in [2.24, 2.45) is 0 Å². The lowest BCUT2D eigenvalue weighted by atomic mass is 10.1. The van der Waals surface area contributed by atoms with E-state index in [9.17, 15) is 4.79 Å². The Labute approximate surface area is 129 Å². The van der Waals surface area contributed by atoms with Crippen LogP contribution in [0.4, 0.5) is 0 Å². The summed E-state index contributed by atoms with van der Waals surface area (Å²) >= 11 is 0. The highest BCUT2D eigenvalue weighted by Gasteiger charge is 2.12. The first-order valence-corrected chi connectivity index (χ1v) is 7.52. The second-order valence-electron chi connectivity index (χ2n) is 5.41. The van der Waals surface area contributed by atoms with Crippen molar-refractivity contribution in [3.05, 3.63) is 70.3 Å². The Kier molecular flexibility index (Phi) is 3.92. The van der Waals surface area contributed by atoms with Crippen LogP contribution in [-0.4, -0.2) is 14.8 Å². The smallest absolute Gasteiger partial charge is 0.274 e. The number of aryl methyl sites for hydroxylation is 1. The molecule has 0 aliphatic rings. The van der Waals surface area contributed by atoms with Crippen molar-refractivity contribution < 1.29 is 0 Å². The number of nitrogens with one attached hydrogen (secondary N) is 1. The maximum absolute atomic E-state index is 12.5. The van der Waals surface area contributed by atoms with E-state index in [4.69, 9.17) is 0 Å². The summed E-state index contributed by atoms with van der Waals surface area (Å²) in [6.07, 6.45) is 5.65. The maximum atomic E-state index is 12.5. The highest BCUT2D eigenvalue weighted by Crippen LogP contribution is 2.19. The van der Waals surface area contributed by atoms with E-state index in [1.165, 1.54) is 5.56 Å². The van der Waals surface area contributed by atoms with E-state index in [1.54, 1.807) is 17.1 Å². The first kappa shape index (κ1) is 14.3. The van der Waals surface area contributed by atoms with Crippen molar-refractivity contribution in [2.45, 2.75) is 26.7 Å². The van der Waals surface area contributed by atoms with E-state index in [-0.39, 0.29) is 5.56 Å². The molecule has 0 atom stereocenters. The van der Waals surface area contributed by atoms with Crippen LogP contribution in [-0.2, 0) is 6.42 Å². The van der Waals surface area contributed by atoms with Gasteiger partial charge in [-0.3, -0.25) is 14.9 Å². The molecule has 1 N–H and O–H groups in total. The Balaban J connectivity index is 2.04. The quantitative estimate of drug-likeness (QED) is 0.800. The lowest BCUT2D eigenvalue weighted by molar-refractivity contribution is 0.847. The first-order valence-electron chi connectivity index (χ1n) is 7.52. The molecule has 0 aliphatic carbocycles. The summed E-state index contributed by atoms with van der Waals surface area (Å²) in [6.45, 7) is 4.00. The van der Waals surface area contributed by atoms with Crippen molar-refractivity contribution in [2.75, 3.05) is 0 Å². The summed E-state index contributed by atoms with van der Waals surface area (Å²) < 4.78 is 1.59. The van der Waals surface area contributed by atoms with Gasteiger partial charge in [0.25, 0.3) is 5.56 Å². The van der Waals surface area contributed by atoms with Gasteiger partial charge in [-0.05, 0) is 43.2 Å². The number of pyridine rings is 1. The van der Waals surface area contributed by atoms with Crippen LogP contribution in [0, 0.1) is 6.92 Å². The molecule has 22 heavy (non-hydrogen) atoms. The fourth-order valence-electron chi connectivity index (χ4n) is 2.59. The molecule has 4 nitrogen and oxygen atoms in total. The molecule has 0 fully saturated rings. The molecule has 0 unspecified atom stereocenters. The Morgan fingerprint density at radius 3 is 2.59 bits per heavy atom. The second-order valence-corrected chi connectivity index (χ2v) is 5.41. The molecule has 3 rings (SSSR count). The predicted octanol–water partition coefficient (Wildman–Crippen LogP) is 3.49. The van der Waals surface area contributed by atoms with Crippen LogP contribution in [0.3, 0.4) is 0 Å². The summed E-state index contributed by atoms with van der Waals surface area (Å²) in [5, 5.41) is 3.20. The molecular weight excluding hydrogens is 274 g/mol. The van der Waals surface area contributed by atoms with Gasteiger partial charge in [0.1, 0.15) is 0 Å². The van der Waals surface area contributed by atoms with E-state index in [0.29, 0.717) is 5.56 Å². The summed E-state index contributed by atoms with van der Waals surface area (Å²) in [5.41, 5.74) is 4.54. The zero-order valence-electron chi connectivity index (χ0n) is 12.8. The fraction of sp³-hybridized carbons (Fsp3) is 0.222. The molecule has 112 valence electrons. The van der Waals surface area contributed by atoms with Crippen molar-refractivity contribution in [3.63, 3.8) is 0 Å². The molecule has 0 bridgehead atoms. The van der Waals surface area contributed by atoms with Crippen LogP contribution in [0.2, 0.25) is 0 Å².